The molecule has 0 N–H and O–H groups in total. The number of hydrogen-bond acceptors (Lipinski definition) is 3. The fourth-order valence-corrected chi connectivity index (χ4v) is 4.32. The fraction of sp³-hybridized carbons (Fsp3) is 0.273. The van der Waals surface area contributed by atoms with E-state index in [1.807, 2.05) is 48.1 Å². The van der Waals surface area contributed by atoms with Gasteiger partial charge in [0, 0.05) is 48.8 Å². The first-order valence-electron chi connectivity index (χ1n) is 9.38. The van der Waals surface area contributed by atoms with Crippen LogP contribution in [0.5, 0.6) is 0 Å². The average Bonchev–Trinajstić information content (AvgIpc) is 2.93. The quantitative estimate of drug-likeness (QED) is 0.633. The Morgan fingerprint density at radius 2 is 1.79 bits per heavy atom. The second-order valence-corrected chi connectivity index (χ2v) is 8.23. The Balaban J connectivity index is 1.57. The molecule has 4 rings (SSSR count). The molecule has 0 radical (unpaired) electrons. The average molecular weight is 427 g/mol. The number of aromatic nitrogens is 2. The van der Waals surface area contributed by atoms with E-state index < -0.39 is 0 Å². The van der Waals surface area contributed by atoms with Gasteiger partial charge < -0.3 is 0 Å². The first-order valence-corrected chi connectivity index (χ1v) is 10.1. The number of rotatable bonds is 4. The Morgan fingerprint density at radius 3 is 2.52 bits per heavy atom. The molecule has 0 atom stereocenters. The van der Waals surface area contributed by atoms with Crippen molar-refractivity contribution in [3.8, 4) is 6.07 Å². The standard InChI is InChI=1S/C22H20Cl2N4O/c1-26-21-6-7-27(12-17-8-16(11-25)9-19(24)10-17)14-20(21)22(29)28(26)13-15-2-4-18(23)5-3-15/h2-5,8-10H,6-7,12-14H2,1H3. The Labute approximate surface area is 179 Å². The van der Waals surface area contributed by atoms with Crippen molar-refractivity contribution >= 4 is 23.2 Å². The zero-order valence-corrected chi connectivity index (χ0v) is 17.5. The Morgan fingerprint density at radius 1 is 1.03 bits per heavy atom. The number of benzene rings is 2. The lowest BCUT2D eigenvalue weighted by molar-refractivity contribution is 0.242. The van der Waals surface area contributed by atoms with Crippen LogP contribution >= 0.6 is 23.2 Å². The van der Waals surface area contributed by atoms with Crippen LogP contribution in [0.15, 0.2) is 47.3 Å². The van der Waals surface area contributed by atoms with Crippen molar-refractivity contribution in [1.82, 2.24) is 14.3 Å². The van der Waals surface area contributed by atoms with Gasteiger partial charge in [-0.1, -0.05) is 35.3 Å². The van der Waals surface area contributed by atoms with Crippen LogP contribution in [0.1, 0.15) is 27.9 Å². The van der Waals surface area contributed by atoms with E-state index in [9.17, 15) is 4.79 Å². The van der Waals surface area contributed by atoms with Gasteiger partial charge in [0.15, 0.2) is 0 Å². The lowest BCUT2D eigenvalue weighted by Crippen LogP contribution is -2.32. The fourth-order valence-electron chi connectivity index (χ4n) is 3.93. The molecule has 0 saturated heterocycles. The summed E-state index contributed by atoms with van der Waals surface area (Å²) in [5.41, 5.74) is 4.55. The van der Waals surface area contributed by atoms with Gasteiger partial charge in [-0.25, -0.2) is 4.68 Å². The van der Waals surface area contributed by atoms with E-state index in [4.69, 9.17) is 28.5 Å². The molecule has 2 heterocycles. The van der Waals surface area contributed by atoms with Crippen molar-refractivity contribution in [2.24, 2.45) is 7.05 Å². The molecule has 0 spiro atoms. The Hall–Kier alpha value is -2.52. The monoisotopic (exact) mass is 426 g/mol. The summed E-state index contributed by atoms with van der Waals surface area (Å²) in [5.74, 6) is 0. The van der Waals surface area contributed by atoms with Gasteiger partial charge in [0.05, 0.1) is 23.7 Å². The molecule has 7 heteroatoms. The third kappa shape index (κ3) is 4.11. The van der Waals surface area contributed by atoms with Gasteiger partial charge in [0.25, 0.3) is 5.56 Å². The predicted octanol–water partition coefficient (Wildman–Crippen LogP) is 3.97. The summed E-state index contributed by atoms with van der Waals surface area (Å²) in [4.78, 5) is 15.3. The molecule has 1 aromatic heterocycles. The minimum Gasteiger partial charge on any atom is -0.294 e. The third-order valence-electron chi connectivity index (χ3n) is 5.38. The highest BCUT2D eigenvalue weighted by molar-refractivity contribution is 6.30. The zero-order valence-electron chi connectivity index (χ0n) is 16.0. The summed E-state index contributed by atoms with van der Waals surface area (Å²) < 4.78 is 3.77. The molecule has 0 fully saturated rings. The molecular formula is C22H20Cl2N4O. The minimum absolute atomic E-state index is 0.0472. The van der Waals surface area contributed by atoms with E-state index in [0.717, 1.165) is 35.3 Å². The number of nitriles is 1. The van der Waals surface area contributed by atoms with Crippen LogP contribution in [-0.4, -0.2) is 20.8 Å². The third-order valence-corrected chi connectivity index (χ3v) is 5.85. The molecule has 5 nitrogen and oxygen atoms in total. The SMILES string of the molecule is Cn1c2c(c(=O)n1Cc1ccc(Cl)cc1)CN(Cc1cc(Cl)cc(C#N)c1)CC2. The van der Waals surface area contributed by atoms with Crippen molar-refractivity contribution in [2.75, 3.05) is 6.54 Å². The summed E-state index contributed by atoms with van der Waals surface area (Å²) in [5, 5.41) is 10.4. The maximum atomic E-state index is 13.1. The van der Waals surface area contributed by atoms with E-state index in [2.05, 4.69) is 11.0 Å². The lowest BCUT2D eigenvalue weighted by Gasteiger charge is -2.26. The predicted molar refractivity (Wildman–Crippen MR) is 114 cm³/mol. The summed E-state index contributed by atoms with van der Waals surface area (Å²) in [6.45, 7) is 2.60. The van der Waals surface area contributed by atoms with Crippen molar-refractivity contribution in [3.05, 3.63) is 90.8 Å². The molecule has 0 amide bonds. The van der Waals surface area contributed by atoms with Crippen LogP contribution in [0.3, 0.4) is 0 Å². The van der Waals surface area contributed by atoms with E-state index >= 15 is 0 Å². The molecule has 29 heavy (non-hydrogen) atoms. The van der Waals surface area contributed by atoms with Crippen LogP contribution < -0.4 is 5.56 Å². The highest BCUT2D eigenvalue weighted by atomic mass is 35.5. The molecule has 2 aromatic carbocycles. The van der Waals surface area contributed by atoms with Crippen LogP contribution in [0.25, 0.3) is 0 Å². The number of hydrogen-bond donors (Lipinski definition) is 0. The smallest absolute Gasteiger partial charge is 0.271 e. The lowest BCUT2D eigenvalue weighted by atomic mass is 10.1. The van der Waals surface area contributed by atoms with Gasteiger partial charge >= 0.3 is 0 Å². The van der Waals surface area contributed by atoms with Crippen molar-refractivity contribution in [1.29, 1.82) is 5.26 Å². The van der Waals surface area contributed by atoms with Gasteiger partial charge in [0.1, 0.15) is 0 Å². The molecule has 1 aliphatic heterocycles. The summed E-state index contributed by atoms with van der Waals surface area (Å²) in [6.07, 6.45) is 0.806. The summed E-state index contributed by atoms with van der Waals surface area (Å²) in [6, 6.07) is 15.1. The van der Waals surface area contributed by atoms with E-state index in [1.165, 1.54) is 0 Å². The molecule has 0 saturated carbocycles. The summed E-state index contributed by atoms with van der Waals surface area (Å²) in [7, 11) is 1.95. The molecule has 3 aromatic rings. The molecule has 148 valence electrons. The van der Waals surface area contributed by atoms with Gasteiger partial charge in [-0.05, 0) is 41.5 Å². The van der Waals surface area contributed by atoms with Crippen LogP contribution in [0, 0.1) is 11.3 Å². The van der Waals surface area contributed by atoms with E-state index in [-0.39, 0.29) is 5.56 Å². The molecule has 0 bridgehead atoms. The Kier molecular flexibility index (Phi) is 5.51. The van der Waals surface area contributed by atoms with Gasteiger partial charge in [-0.3, -0.25) is 14.4 Å². The van der Waals surface area contributed by atoms with Gasteiger partial charge in [-0.15, -0.1) is 0 Å². The topological polar surface area (TPSA) is 54.0 Å². The highest BCUT2D eigenvalue weighted by Gasteiger charge is 2.25. The van der Waals surface area contributed by atoms with Crippen molar-refractivity contribution in [3.63, 3.8) is 0 Å². The Bertz CT molecular complexity index is 1160. The second-order valence-electron chi connectivity index (χ2n) is 7.36. The first kappa shape index (κ1) is 19.8. The maximum absolute atomic E-state index is 13.1. The van der Waals surface area contributed by atoms with Crippen LogP contribution in [0.2, 0.25) is 10.0 Å². The van der Waals surface area contributed by atoms with Gasteiger partial charge in [-0.2, -0.15) is 5.26 Å². The number of nitrogens with zero attached hydrogens (tertiary/aromatic N) is 4. The molecule has 0 aliphatic carbocycles. The molecule has 0 unspecified atom stereocenters. The number of fused-ring (bicyclic) bond motifs is 1. The summed E-state index contributed by atoms with van der Waals surface area (Å²) >= 11 is 12.1. The first-order chi connectivity index (χ1) is 13.9. The van der Waals surface area contributed by atoms with E-state index in [0.29, 0.717) is 35.2 Å². The van der Waals surface area contributed by atoms with Crippen LogP contribution in [-0.2, 0) is 33.1 Å². The normalized spacial score (nSPS) is 13.9. The minimum atomic E-state index is 0.0472. The number of halogens is 2. The zero-order chi connectivity index (χ0) is 20.5. The highest BCUT2D eigenvalue weighted by Crippen LogP contribution is 2.21. The van der Waals surface area contributed by atoms with Crippen molar-refractivity contribution in [2.45, 2.75) is 26.1 Å². The molecular weight excluding hydrogens is 407 g/mol. The molecule has 1 aliphatic rings. The maximum Gasteiger partial charge on any atom is 0.271 e. The van der Waals surface area contributed by atoms with Crippen LogP contribution in [0.4, 0.5) is 0 Å². The van der Waals surface area contributed by atoms with Gasteiger partial charge in [0.2, 0.25) is 0 Å². The largest absolute Gasteiger partial charge is 0.294 e. The van der Waals surface area contributed by atoms with E-state index in [1.54, 1.807) is 10.7 Å². The second kappa shape index (κ2) is 8.08. The van der Waals surface area contributed by atoms with Crippen molar-refractivity contribution < 1.29 is 0 Å².